The Morgan fingerprint density at radius 2 is 1.75 bits per heavy atom. The molecule has 7 heteroatoms. The quantitative estimate of drug-likeness (QED) is 0.851. The molecule has 1 aromatic carbocycles. The zero-order valence-electron chi connectivity index (χ0n) is 11.1. The van der Waals surface area contributed by atoms with Crippen molar-refractivity contribution >= 4 is 21.7 Å². The Morgan fingerprint density at radius 1 is 1.10 bits per heavy atom. The molecule has 0 amide bonds. The fourth-order valence-corrected chi connectivity index (χ4v) is 2.45. The van der Waals surface area contributed by atoms with E-state index < -0.39 is 10.0 Å². The molecule has 0 aliphatic rings. The van der Waals surface area contributed by atoms with Crippen LogP contribution in [0.3, 0.4) is 0 Å². The van der Waals surface area contributed by atoms with Gasteiger partial charge in [0.1, 0.15) is 4.90 Å². The van der Waals surface area contributed by atoms with E-state index in [0.717, 1.165) is 13.0 Å². The minimum atomic E-state index is -3.65. The number of hydrogen-bond acceptors (Lipinski definition) is 5. The van der Waals surface area contributed by atoms with Crippen molar-refractivity contribution in [3.8, 4) is 0 Å². The first-order valence-electron chi connectivity index (χ1n) is 6.25. The fraction of sp³-hybridized carbons (Fsp3) is 0.231. The highest BCUT2D eigenvalue weighted by Gasteiger charge is 2.15. The summed E-state index contributed by atoms with van der Waals surface area (Å²) in [4.78, 5) is 8.00. The number of para-hydroxylation sites is 1. The third-order valence-corrected chi connectivity index (χ3v) is 3.83. The molecule has 2 aromatic rings. The molecule has 2 N–H and O–H groups in total. The SMILES string of the molecule is CCCNc1ncc(S(=O)(=O)Nc2ccccc2)cn1. The van der Waals surface area contributed by atoms with E-state index in [-0.39, 0.29) is 4.90 Å². The number of hydrogen-bond donors (Lipinski definition) is 2. The summed E-state index contributed by atoms with van der Waals surface area (Å²) >= 11 is 0. The van der Waals surface area contributed by atoms with Crippen LogP contribution in [0.5, 0.6) is 0 Å². The van der Waals surface area contributed by atoms with E-state index in [0.29, 0.717) is 11.6 Å². The van der Waals surface area contributed by atoms with Crippen LogP contribution in [0.15, 0.2) is 47.6 Å². The predicted molar refractivity (Wildman–Crippen MR) is 78.1 cm³/mol. The average Bonchev–Trinajstić information content (AvgIpc) is 2.46. The predicted octanol–water partition coefficient (Wildman–Crippen LogP) is 2.10. The van der Waals surface area contributed by atoms with E-state index in [1.165, 1.54) is 12.4 Å². The molecule has 6 nitrogen and oxygen atoms in total. The molecule has 0 aliphatic heterocycles. The van der Waals surface area contributed by atoms with Crippen LogP contribution in [-0.4, -0.2) is 24.9 Å². The largest absolute Gasteiger partial charge is 0.354 e. The Morgan fingerprint density at radius 3 is 2.35 bits per heavy atom. The highest BCUT2D eigenvalue weighted by molar-refractivity contribution is 7.92. The second kappa shape index (κ2) is 6.33. The van der Waals surface area contributed by atoms with Gasteiger partial charge in [0.15, 0.2) is 0 Å². The first-order chi connectivity index (χ1) is 9.62. The maximum absolute atomic E-state index is 12.1. The van der Waals surface area contributed by atoms with Gasteiger partial charge in [0, 0.05) is 12.2 Å². The smallest absolute Gasteiger partial charge is 0.264 e. The molecule has 0 aliphatic carbocycles. The Hall–Kier alpha value is -2.15. The molecular formula is C13H16N4O2S. The number of rotatable bonds is 6. The molecule has 0 atom stereocenters. The Balaban J connectivity index is 2.13. The van der Waals surface area contributed by atoms with E-state index >= 15 is 0 Å². The van der Waals surface area contributed by atoms with Gasteiger partial charge in [-0.25, -0.2) is 18.4 Å². The van der Waals surface area contributed by atoms with Crippen LogP contribution in [0.1, 0.15) is 13.3 Å². The summed E-state index contributed by atoms with van der Waals surface area (Å²) in [6, 6.07) is 8.68. The highest BCUT2D eigenvalue weighted by Crippen LogP contribution is 2.14. The van der Waals surface area contributed by atoms with E-state index in [1.807, 2.05) is 13.0 Å². The highest BCUT2D eigenvalue weighted by atomic mass is 32.2. The van der Waals surface area contributed by atoms with Gasteiger partial charge >= 0.3 is 0 Å². The molecule has 20 heavy (non-hydrogen) atoms. The van der Waals surface area contributed by atoms with Crippen LogP contribution in [0.2, 0.25) is 0 Å². The number of nitrogens with zero attached hydrogens (tertiary/aromatic N) is 2. The van der Waals surface area contributed by atoms with Gasteiger partial charge in [-0.1, -0.05) is 25.1 Å². The number of anilines is 2. The topological polar surface area (TPSA) is 84.0 Å². The van der Waals surface area contributed by atoms with Crippen molar-refractivity contribution < 1.29 is 8.42 Å². The molecule has 0 spiro atoms. The average molecular weight is 292 g/mol. The summed E-state index contributed by atoms with van der Waals surface area (Å²) in [5, 5.41) is 2.99. The van der Waals surface area contributed by atoms with Crippen LogP contribution in [0.4, 0.5) is 11.6 Å². The molecule has 106 valence electrons. The standard InChI is InChI=1S/C13H16N4O2S/c1-2-8-14-13-15-9-12(10-16-13)20(18,19)17-11-6-4-3-5-7-11/h3-7,9-10,17H,2,8H2,1H3,(H,14,15,16). The first kappa shape index (κ1) is 14.3. The fourth-order valence-electron chi connectivity index (χ4n) is 1.50. The molecule has 0 fully saturated rings. The molecule has 2 rings (SSSR count). The van der Waals surface area contributed by atoms with Gasteiger partial charge in [-0.05, 0) is 18.6 Å². The summed E-state index contributed by atoms with van der Waals surface area (Å²) < 4.78 is 26.7. The van der Waals surface area contributed by atoms with E-state index in [1.54, 1.807) is 24.3 Å². The molecular weight excluding hydrogens is 276 g/mol. The van der Waals surface area contributed by atoms with Crippen LogP contribution in [0, 0.1) is 0 Å². The van der Waals surface area contributed by atoms with Crippen LogP contribution in [-0.2, 0) is 10.0 Å². The van der Waals surface area contributed by atoms with Gasteiger partial charge in [-0.2, -0.15) is 0 Å². The Labute approximate surface area is 118 Å². The number of nitrogens with one attached hydrogen (secondary N) is 2. The zero-order valence-corrected chi connectivity index (χ0v) is 11.9. The summed E-state index contributed by atoms with van der Waals surface area (Å²) in [7, 11) is -3.65. The van der Waals surface area contributed by atoms with E-state index in [2.05, 4.69) is 20.0 Å². The van der Waals surface area contributed by atoms with Crippen molar-refractivity contribution in [2.45, 2.75) is 18.2 Å². The van der Waals surface area contributed by atoms with Crippen molar-refractivity contribution in [2.24, 2.45) is 0 Å². The molecule has 1 heterocycles. The van der Waals surface area contributed by atoms with Crippen LogP contribution in [0.25, 0.3) is 0 Å². The van der Waals surface area contributed by atoms with E-state index in [4.69, 9.17) is 0 Å². The van der Waals surface area contributed by atoms with E-state index in [9.17, 15) is 8.42 Å². The van der Waals surface area contributed by atoms with Gasteiger partial charge in [-0.3, -0.25) is 4.72 Å². The van der Waals surface area contributed by atoms with Gasteiger partial charge in [0.25, 0.3) is 10.0 Å². The molecule has 0 unspecified atom stereocenters. The van der Waals surface area contributed by atoms with Gasteiger partial charge in [-0.15, -0.1) is 0 Å². The normalized spacial score (nSPS) is 11.1. The lowest BCUT2D eigenvalue weighted by Gasteiger charge is -2.08. The first-order valence-corrected chi connectivity index (χ1v) is 7.74. The third kappa shape index (κ3) is 3.67. The van der Waals surface area contributed by atoms with Crippen molar-refractivity contribution in [1.29, 1.82) is 0 Å². The van der Waals surface area contributed by atoms with Gasteiger partial charge in [0.2, 0.25) is 5.95 Å². The molecule has 0 saturated heterocycles. The van der Waals surface area contributed by atoms with Gasteiger partial charge in [0.05, 0.1) is 12.4 Å². The lowest BCUT2D eigenvalue weighted by Crippen LogP contribution is -2.14. The number of benzene rings is 1. The van der Waals surface area contributed by atoms with Crippen LogP contribution < -0.4 is 10.0 Å². The number of aromatic nitrogens is 2. The Kier molecular flexibility index (Phi) is 4.52. The maximum atomic E-state index is 12.1. The summed E-state index contributed by atoms with van der Waals surface area (Å²) in [5.41, 5.74) is 0.501. The second-order valence-electron chi connectivity index (χ2n) is 4.14. The minimum absolute atomic E-state index is 0.0309. The van der Waals surface area contributed by atoms with Gasteiger partial charge < -0.3 is 5.32 Å². The lowest BCUT2D eigenvalue weighted by molar-refractivity contribution is 0.600. The number of sulfonamides is 1. The maximum Gasteiger partial charge on any atom is 0.264 e. The monoisotopic (exact) mass is 292 g/mol. The molecule has 0 bridgehead atoms. The van der Waals surface area contributed by atoms with Crippen LogP contribution >= 0.6 is 0 Å². The summed E-state index contributed by atoms with van der Waals surface area (Å²) in [5.74, 6) is 0.422. The third-order valence-electron chi connectivity index (χ3n) is 2.50. The summed E-state index contributed by atoms with van der Waals surface area (Å²) in [6.07, 6.45) is 3.52. The lowest BCUT2D eigenvalue weighted by atomic mass is 10.3. The van der Waals surface area contributed by atoms with Crippen molar-refractivity contribution in [2.75, 3.05) is 16.6 Å². The van der Waals surface area contributed by atoms with Crippen molar-refractivity contribution in [3.05, 3.63) is 42.7 Å². The molecule has 1 aromatic heterocycles. The summed E-state index contributed by atoms with van der Waals surface area (Å²) in [6.45, 7) is 2.77. The Bertz CT molecular complexity index is 642. The van der Waals surface area contributed by atoms with Crippen molar-refractivity contribution in [1.82, 2.24) is 9.97 Å². The molecule has 0 saturated carbocycles. The minimum Gasteiger partial charge on any atom is -0.354 e. The molecule has 0 radical (unpaired) electrons. The van der Waals surface area contributed by atoms with Crippen molar-refractivity contribution in [3.63, 3.8) is 0 Å². The zero-order chi connectivity index (χ0) is 14.4. The second-order valence-corrected chi connectivity index (χ2v) is 5.82.